The zero-order valence-corrected chi connectivity index (χ0v) is 18.1. The lowest BCUT2D eigenvalue weighted by atomic mass is 9.96. The molecule has 0 aliphatic carbocycles. The van der Waals surface area contributed by atoms with Crippen molar-refractivity contribution in [1.82, 2.24) is 15.5 Å². The number of carbonyl (C=O) groups is 2. The molecule has 27 heavy (non-hydrogen) atoms. The molecule has 0 aromatic rings. The first-order chi connectivity index (χ1) is 12.5. The van der Waals surface area contributed by atoms with Crippen LogP contribution in [0.15, 0.2) is 0 Å². The average molecular weight is 386 g/mol. The third kappa shape index (κ3) is 8.93. The van der Waals surface area contributed by atoms with Crippen molar-refractivity contribution in [3.05, 3.63) is 0 Å². The molecule has 2 amide bonds. The first-order valence-corrected chi connectivity index (χ1v) is 10.1. The highest BCUT2D eigenvalue weighted by Gasteiger charge is 2.30. The lowest BCUT2D eigenvalue weighted by Gasteiger charge is -2.34. The smallest absolute Gasteiger partial charge is 0.408 e. The Labute approximate surface area is 164 Å². The maximum Gasteiger partial charge on any atom is 0.408 e. The first-order valence-electron chi connectivity index (χ1n) is 10.1. The standard InChI is InChI=1S/C20H39N3O4/c1-8-15(4)16(13-23-9-11-26-12-10-23)21-18(24)17(14(2)3)22-19(25)27-20(5,6)7/h14-17H,8-13H2,1-7H3,(H,21,24)(H,22,25)/t15-,16+,17-/m0/s1. The Bertz CT molecular complexity index is 470. The Kier molecular flexibility index (Phi) is 9.53. The van der Waals surface area contributed by atoms with Crippen molar-refractivity contribution >= 4 is 12.0 Å². The number of rotatable bonds is 8. The Morgan fingerprint density at radius 1 is 1.11 bits per heavy atom. The van der Waals surface area contributed by atoms with Gasteiger partial charge in [-0.1, -0.05) is 34.1 Å². The van der Waals surface area contributed by atoms with Gasteiger partial charge in [0.1, 0.15) is 11.6 Å². The summed E-state index contributed by atoms with van der Waals surface area (Å²) in [7, 11) is 0. The molecule has 1 heterocycles. The summed E-state index contributed by atoms with van der Waals surface area (Å²) >= 11 is 0. The van der Waals surface area contributed by atoms with Gasteiger partial charge in [-0.15, -0.1) is 0 Å². The Balaban J connectivity index is 2.74. The molecule has 3 atom stereocenters. The van der Waals surface area contributed by atoms with E-state index in [4.69, 9.17) is 9.47 Å². The summed E-state index contributed by atoms with van der Waals surface area (Å²) < 4.78 is 10.7. The minimum atomic E-state index is -0.629. The van der Waals surface area contributed by atoms with E-state index in [1.54, 1.807) is 20.8 Å². The van der Waals surface area contributed by atoms with Gasteiger partial charge in [0.05, 0.1) is 13.2 Å². The number of ether oxygens (including phenoxy) is 2. The van der Waals surface area contributed by atoms with E-state index in [1.807, 2.05) is 13.8 Å². The van der Waals surface area contributed by atoms with Crippen molar-refractivity contribution in [3.63, 3.8) is 0 Å². The second-order valence-corrected chi connectivity index (χ2v) is 8.78. The van der Waals surface area contributed by atoms with Crippen LogP contribution in [0.25, 0.3) is 0 Å². The minimum absolute atomic E-state index is 0.0299. The molecule has 158 valence electrons. The van der Waals surface area contributed by atoms with Gasteiger partial charge in [-0.25, -0.2) is 4.79 Å². The van der Waals surface area contributed by atoms with Crippen LogP contribution in [-0.4, -0.2) is 67.4 Å². The minimum Gasteiger partial charge on any atom is -0.444 e. The molecule has 7 heteroatoms. The maximum atomic E-state index is 12.9. The normalized spacial score (nSPS) is 19.3. The van der Waals surface area contributed by atoms with Gasteiger partial charge in [0.25, 0.3) is 0 Å². The fraction of sp³-hybridized carbons (Fsp3) is 0.900. The largest absolute Gasteiger partial charge is 0.444 e. The van der Waals surface area contributed by atoms with Crippen LogP contribution in [0.5, 0.6) is 0 Å². The summed E-state index contributed by atoms with van der Waals surface area (Å²) in [5, 5.41) is 5.90. The van der Waals surface area contributed by atoms with Crippen molar-refractivity contribution in [3.8, 4) is 0 Å². The van der Waals surface area contributed by atoms with Crippen LogP contribution in [0.2, 0.25) is 0 Å². The number of nitrogens with zero attached hydrogens (tertiary/aromatic N) is 1. The molecule has 0 bridgehead atoms. The summed E-state index contributed by atoms with van der Waals surface area (Å²) in [5.41, 5.74) is -0.600. The van der Waals surface area contributed by atoms with E-state index in [2.05, 4.69) is 29.4 Å². The first kappa shape index (κ1) is 23.7. The lowest BCUT2D eigenvalue weighted by Crippen LogP contribution is -2.56. The molecule has 0 saturated carbocycles. The predicted molar refractivity (Wildman–Crippen MR) is 107 cm³/mol. The van der Waals surface area contributed by atoms with Crippen molar-refractivity contribution in [2.45, 2.75) is 72.6 Å². The van der Waals surface area contributed by atoms with Gasteiger partial charge in [0.15, 0.2) is 0 Å². The molecule has 0 aromatic heterocycles. The second-order valence-electron chi connectivity index (χ2n) is 8.78. The summed E-state index contributed by atoms with van der Waals surface area (Å²) in [6, 6.07) is -0.599. The molecular formula is C20H39N3O4. The Hall–Kier alpha value is -1.34. The van der Waals surface area contributed by atoms with E-state index in [0.717, 1.165) is 39.3 Å². The van der Waals surface area contributed by atoms with Crippen LogP contribution in [0.4, 0.5) is 4.79 Å². The number of nitrogens with one attached hydrogen (secondary N) is 2. The topological polar surface area (TPSA) is 79.9 Å². The number of alkyl carbamates (subject to hydrolysis) is 1. The number of morpholine rings is 1. The Morgan fingerprint density at radius 3 is 2.19 bits per heavy atom. The van der Waals surface area contributed by atoms with Gasteiger partial charge < -0.3 is 20.1 Å². The van der Waals surface area contributed by atoms with Gasteiger partial charge in [0.2, 0.25) is 5.91 Å². The molecule has 1 aliphatic heterocycles. The molecule has 0 spiro atoms. The molecule has 1 saturated heterocycles. The van der Waals surface area contributed by atoms with E-state index in [0.29, 0.717) is 5.92 Å². The van der Waals surface area contributed by atoms with Gasteiger partial charge in [-0.05, 0) is 32.6 Å². The molecule has 0 aromatic carbocycles. The van der Waals surface area contributed by atoms with E-state index < -0.39 is 17.7 Å². The monoisotopic (exact) mass is 385 g/mol. The Morgan fingerprint density at radius 2 is 1.70 bits per heavy atom. The van der Waals surface area contributed by atoms with Crippen LogP contribution >= 0.6 is 0 Å². The molecule has 0 radical (unpaired) electrons. The quantitative estimate of drug-likeness (QED) is 0.671. The summed E-state index contributed by atoms with van der Waals surface area (Å²) in [6.07, 6.45) is 0.408. The second kappa shape index (κ2) is 10.9. The van der Waals surface area contributed by atoms with Gasteiger partial charge in [-0.2, -0.15) is 0 Å². The van der Waals surface area contributed by atoms with Crippen molar-refractivity contribution in [2.75, 3.05) is 32.8 Å². The van der Waals surface area contributed by atoms with Crippen LogP contribution < -0.4 is 10.6 Å². The number of hydrogen-bond acceptors (Lipinski definition) is 5. The molecule has 1 aliphatic rings. The third-order valence-electron chi connectivity index (χ3n) is 4.84. The zero-order valence-electron chi connectivity index (χ0n) is 18.1. The van der Waals surface area contributed by atoms with Crippen LogP contribution in [0.3, 0.4) is 0 Å². The van der Waals surface area contributed by atoms with E-state index in [1.165, 1.54) is 0 Å². The molecular weight excluding hydrogens is 346 g/mol. The highest BCUT2D eigenvalue weighted by atomic mass is 16.6. The highest BCUT2D eigenvalue weighted by molar-refractivity contribution is 5.86. The zero-order chi connectivity index (χ0) is 20.6. The third-order valence-corrected chi connectivity index (χ3v) is 4.84. The predicted octanol–water partition coefficient (Wildman–Crippen LogP) is 2.40. The SMILES string of the molecule is CC[C@H](C)[C@@H](CN1CCOCC1)NC(=O)[C@@H](NC(=O)OC(C)(C)C)C(C)C. The molecule has 0 unspecified atom stereocenters. The van der Waals surface area contributed by atoms with Crippen LogP contribution in [0.1, 0.15) is 54.9 Å². The fourth-order valence-electron chi connectivity index (χ4n) is 2.96. The molecule has 1 fully saturated rings. The summed E-state index contributed by atoms with van der Waals surface area (Å²) in [6.45, 7) is 17.5. The van der Waals surface area contributed by atoms with Gasteiger partial charge in [0, 0.05) is 25.7 Å². The van der Waals surface area contributed by atoms with Gasteiger partial charge in [-0.3, -0.25) is 9.69 Å². The van der Waals surface area contributed by atoms with Crippen molar-refractivity contribution in [2.24, 2.45) is 11.8 Å². The van der Waals surface area contributed by atoms with Crippen LogP contribution in [0, 0.1) is 11.8 Å². The summed E-state index contributed by atoms with van der Waals surface area (Å²) in [4.78, 5) is 27.4. The number of amides is 2. The van der Waals surface area contributed by atoms with Crippen molar-refractivity contribution in [1.29, 1.82) is 0 Å². The van der Waals surface area contributed by atoms with Crippen LogP contribution in [-0.2, 0) is 14.3 Å². The molecule has 7 nitrogen and oxygen atoms in total. The van der Waals surface area contributed by atoms with E-state index >= 15 is 0 Å². The molecule has 1 rings (SSSR count). The van der Waals surface area contributed by atoms with Crippen molar-refractivity contribution < 1.29 is 19.1 Å². The maximum absolute atomic E-state index is 12.9. The summed E-state index contributed by atoms with van der Waals surface area (Å²) in [5.74, 6) is 0.138. The van der Waals surface area contributed by atoms with E-state index in [-0.39, 0.29) is 17.9 Å². The van der Waals surface area contributed by atoms with E-state index in [9.17, 15) is 9.59 Å². The fourth-order valence-corrected chi connectivity index (χ4v) is 2.96. The number of carbonyl (C=O) groups excluding carboxylic acids is 2. The lowest BCUT2D eigenvalue weighted by molar-refractivity contribution is -0.125. The number of hydrogen-bond donors (Lipinski definition) is 2. The van der Waals surface area contributed by atoms with Gasteiger partial charge >= 0.3 is 6.09 Å². The average Bonchev–Trinajstić information content (AvgIpc) is 2.57. The highest BCUT2D eigenvalue weighted by Crippen LogP contribution is 2.13. The molecule has 2 N–H and O–H groups in total.